The van der Waals surface area contributed by atoms with E-state index in [0.717, 1.165) is 19.1 Å². The van der Waals surface area contributed by atoms with E-state index in [1.165, 1.54) is 38.1 Å². The second-order valence-corrected chi connectivity index (χ2v) is 6.61. The molecule has 2 aromatic rings. The maximum absolute atomic E-state index is 13.5. The summed E-state index contributed by atoms with van der Waals surface area (Å²) in [6.07, 6.45) is -0.117. The third kappa shape index (κ3) is 7.23. The highest BCUT2D eigenvalue weighted by Crippen LogP contribution is 2.30. The number of halogens is 2. The molecule has 1 unspecified atom stereocenters. The number of para-hydroxylation sites is 2. The molecular formula is C21H20F2N2O8. The normalized spacial score (nSPS) is 10.9. The van der Waals surface area contributed by atoms with Gasteiger partial charge < -0.3 is 4.74 Å². The Morgan fingerprint density at radius 3 is 1.91 bits per heavy atom. The quantitative estimate of drug-likeness (QED) is 0.247. The van der Waals surface area contributed by atoms with E-state index in [0.29, 0.717) is 0 Å². The number of carbonyl (C=O) groups excluding carboxylic acids is 3. The number of ketones is 2. The first-order valence-electron chi connectivity index (χ1n) is 9.43. The van der Waals surface area contributed by atoms with Crippen LogP contribution in [0, 0.1) is 31.9 Å². The summed E-state index contributed by atoms with van der Waals surface area (Å²) in [5, 5.41) is 21.3. The van der Waals surface area contributed by atoms with Crippen LogP contribution in [0.5, 0.6) is 0 Å². The van der Waals surface area contributed by atoms with Crippen molar-refractivity contribution in [2.45, 2.75) is 33.1 Å². The molecule has 1 atom stereocenters. The molecule has 0 N–H and O–H groups in total. The third-order valence-corrected chi connectivity index (χ3v) is 4.13. The second kappa shape index (κ2) is 12.1. The fourth-order valence-corrected chi connectivity index (χ4v) is 2.87. The van der Waals surface area contributed by atoms with Crippen molar-refractivity contribution in [2.75, 3.05) is 6.61 Å². The number of carbonyl (C=O) groups is 3. The van der Waals surface area contributed by atoms with Gasteiger partial charge >= 0.3 is 17.3 Å². The van der Waals surface area contributed by atoms with Crippen LogP contribution in [-0.2, 0) is 25.5 Å². The van der Waals surface area contributed by atoms with E-state index in [9.17, 15) is 43.4 Å². The van der Waals surface area contributed by atoms with Crippen molar-refractivity contribution in [3.05, 3.63) is 79.4 Å². The maximum Gasteiger partial charge on any atom is 0.321 e. The molecule has 176 valence electrons. The lowest BCUT2D eigenvalue weighted by Crippen LogP contribution is -2.23. The molecule has 0 aromatic heterocycles. The van der Waals surface area contributed by atoms with Crippen LogP contribution < -0.4 is 0 Å². The lowest BCUT2D eigenvalue weighted by molar-refractivity contribution is -0.388. The van der Waals surface area contributed by atoms with Gasteiger partial charge in [0.15, 0.2) is 0 Å². The summed E-state index contributed by atoms with van der Waals surface area (Å²) in [6, 6.07) is 6.99. The highest BCUT2D eigenvalue weighted by molar-refractivity contribution is 6.04. The molecule has 0 aliphatic heterocycles. The summed E-state index contributed by atoms with van der Waals surface area (Å²) in [5.74, 6) is -5.31. The zero-order valence-corrected chi connectivity index (χ0v) is 17.9. The van der Waals surface area contributed by atoms with E-state index in [1.54, 1.807) is 0 Å². The SMILES string of the molecule is CC(=O)Cc1cccc(F)c1[N+](=O)[O-].CCOC(=O)C(C(C)=O)c1cccc(F)c1[N+](=O)[O-]. The zero-order valence-electron chi connectivity index (χ0n) is 17.9. The number of esters is 1. The first kappa shape index (κ1) is 26.9. The Hall–Kier alpha value is -4.09. The molecule has 0 aliphatic carbocycles. The van der Waals surface area contributed by atoms with Crippen molar-refractivity contribution in [1.29, 1.82) is 0 Å². The summed E-state index contributed by atoms with van der Waals surface area (Å²) in [5.41, 5.74) is -1.67. The van der Waals surface area contributed by atoms with Gasteiger partial charge in [-0.15, -0.1) is 0 Å². The van der Waals surface area contributed by atoms with Gasteiger partial charge in [0.25, 0.3) is 0 Å². The van der Waals surface area contributed by atoms with Crippen molar-refractivity contribution in [1.82, 2.24) is 0 Å². The Morgan fingerprint density at radius 2 is 1.45 bits per heavy atom. The summed E-state index contributed by atoms with van der Waals surface area (Å²) in [6.45, 7) is 3.95. The van der Waals surface area contributed by atoms with Crippen LogP contribution in [0.25, 0.3) is 0 Å². The molecule has 0 aliphatic rings. The number of nitro groups is 2. The van der Waals surface area contributed by atoms with Gasteiger partial charge in [0, 0.05) is 12.0 Å². The van der Waals surface area contributed by atoms with E-state index in [2.05, 4.69) is 4.74 Å². The molecule has 0 saturated carbocycles. The largest absolute Gasteiger partial charge is 0.465 e. The van der Waals surface area contributed by atoms with Gasteiger partial charge in [-0.3, -0.25) is 34.6 Å². The Labute approximate surface area is 186 Å². The van der Waals surface area contributed by atoms with Crippen LogP contribution >= 0.6 is 0 Å². The van der Waals surface area contributed by atoms with E-state index >= 15 is 0 Å². The fourth-order valence-electron chi connectivity index (χ4n) is 2.87. The Bertz CT molecular complexity index is 1090. The highest BCUT2D eigenvalue weighted by Gasteiger charge is 2.34. The average Bonchev–Trinajstić information content (AvgIpc) is 2.67. The molecule has 2 aromatic carbocycles. The lowest BCUT2D eigenvalue weighted by atomic mass is 9.94. The molecule has 0 fully saturated rings. The Balaban J connectivity index is 0.000000346. The molecule has 0 amide bonds. The molecule has 10 nitrogen and oxygen atoms in total. The number of nitro benzene ring substituents is 2. The number of ether oxygens (including phenoxy) is 1. The van der Waals surface area contributed by atoms with Crippen LogP contribution in [0.1, 0.15) is 37.8 Å². The first-order chi connectivity index (χ1) is 15.4. The predicted molar refractivity (Wildman–Crippen MR) is 111 cm³/mol. The van der Waals surface area contributed by atoms with E-state index < -0.39 is 50.5 Å². The topological polar surface area (TPSA) is 147 Å². The number of nitrogens with zero attached hydrogens (tertiary/aromatic N) is 2. The van der Waals surface area contributed by atoms with Gasteiger partial charge in [0.2, 0.25) is 11.6 Å². The van der Waals surface area contributed by atoms with Gasteiger partial charge in [-0.05, 0) is 32.9 Å². The molecule has 12 heteroatoms. The number of hydrogen-bond donors (Lipinski definition) is 0. The molecule has 0 heterocycles. The van der Waals surface area contributed by atoms with Gasteiger partial charge in [-0.25, -0.2) is 0 Å². The monoisotopic (exact) mass is 466 g/mol. The van der Waals surface area contributed by atoms with Crippen LogP contribution in [0.3, 0.4) is 0 Å². The number of rotatable bonds is 8. The minimum absolute atomic E-state index is 0.0196. The van der Waals surface area contributed by atoms with Gasteiger partial charge in [-0.1, -0.05) is 24.3 Å². The Morgan fingerprint density at radius 1 is 0.939 bits per heavy atom. The van der Waals surface area contributed by atoms with Gasteiger partial charge in [0.05, 0.1) is 22.0 Å². The van der Waals surface area contributed by atoms with Gasteiger partial charge in [0.1, 0.15) is 17.5 Å². The van der Waals surface area contributed by atoms with Crippen molar-refractivity contribution in [2.24, 2.45) is 0 Å². The van der Waals surface area contributed by atoms with Crippen molar-refractivity contribution >= 4 is 28.9 Å². The maximum atomic E-state index is 13.5. The Kier molecular flexibility index (Phi) is 9.86. The van der Waals surface area contributed by atoms with Crippen LogP contribution in [-0.4, -0.2) is 34.0 Å². The van der Waals surface area contributed by atoms with Crippen LogP contribution in [0.4, 0.5) is 20.2 Å². The summed E-state index contributed by atoms with van der Waals surface area (Å²) in [4.78, 5) is 53.5. The average molecular weight is 466 g/mol. The summed E-state index contributed by atoms with van der Waals surface area (Å²) < 4.78 is 31.2. The minimum atomic E-state index is -1.49. The number of Topliss-reactive ketones (excluding diaryl/α,β-unsaturated/α-hetero) is 2. The predicted octanol–water partition coefficient (Wildman–Crippen LogP) is 3.84. The number of hydrogen-bond acceptors (Lipinski definition) is 8. The molecule has 33 heavy (non-hydrogen) atoms. The van der Waals surface area contributed by atoms with Crippen molar-refractivity contribution < 1.29 is 37.7 Å². The summed E-state index contributed by atoms with van der Waals surface area (Å²) >= 11 is 0. The zero-order chi connectivity index (χ0) is 25.3. The molecular weight excluding hydrogens is 446 g/mol. The molecule has 0 saturated heterocycles. The highest BCUT2D eigenvalue weighted by atomic mass is 19.1. The molecule has 0 bridgehead atoms. The first-order valence-corrected chi connectivity index (χ1v) is 9.43. The fraction of sp³-hybridized carbons (Fsp3) is 0.286. The summed E-state index contributed by atoms with van der Waals surface area (Å²) in [7, 11) is 0. The second-order valence-electron chi connectivity index (χ2n) is 6.61. The third-order valence-electron chi connectivity index (χ3n) is 4.13. The smallest absolute Gasteiger partial charge is 0.321 e. The molecule has 0 radical (unpaired) electrons. The number of benzene rings is 2. The van der Waals surface area contributed by atoms with Crippen LogP contribution in [0.15, 0.2) is 36.4 Å². The standard InChI is InChI=1S/C12H12FNO5.C9H8FNO3/c1-3-19-12(16)10(7(2)15)8-5-4-6-9(13)11(8)14(17)18;1-6(12)5-7-3-2-4-8(10)9(7)11(13)14/h4-6,10H,3H2,1-2H3;2-4H,5H2,1H3. The molecule has 0 spiro atoms. The molecule has 2 rings (SSSR count). The lowest BCUT2D eigenvalue weighted by Gasteiger charge is -2.13. The van der Waals surface area contributed by atoms with E-state index in [1.807, 2.05) is 0 Å². The van der Waals surface area contributed by atoms with Gasteiger partial charge in [-0.2, -0.15) is 8.78 Å². The van der Waals surface area contributed by atoms with E-state index in [4.69, 9.17) is 0 Å². The van der Waals surface area contributed by atoms with Crippen molar-refractivity contribution in [3.63, 3.8) is 0 Å². The van der Waals surface area contributed by atoms with E-state index in [-0.39, 0.29) is 29.9 Å². The minimum Gasteiger partial charge on any atom is -0.465 e. The van der Waals surface area contributed by atoms with Crippen molar-refractivity contribution in [3.8, 4) is 0 Å². The van der Waals surface area contributed by atoms with Crippen LogP contribution in [0.2, 0.25) is 0 Å².